The average molecular weight is 284 g/mol. The summed E-state index contributed by atoms with van der Waals surface area (Å²) in [6, 6.07) is 9.75. The fourth-order valence-electron chi connectivity index (χ4n) is 2.87. The molecule has 1 aromatic carbocycles. The second-order valence-corrected chi connectivity index (χ2v) is 5.36. The van der Waals surface area contributed by atoms with E-state index in [1.54, 1.807) is 11.8 Å². The third kappa shape index (κ3) is 2.69. The van der Waals surface area contributed by atoms with Gasteiger partial charge in [-0.25, -0.2) is 0 Å². The number of nitrogens with one attached hydrogen (secondary N) is 1. The van der Waals surface area contributed by atoms with Gasteiger partial charge in [-0.15, -0.1) is 0 Å². The Kier molecular flexibility index (Phi) is 3.75. The highest BCUT2D eigenvalue weighted by Crippen LogP contribution is 2.22. The maximum absolute atomic E-state index is 12.0. The van der Waals surface area contributed by atoms with E-state index in [9.17, 15) is 4.79 Å². The Balaban J connectivity index is 1.92. The standard InChI is InChI=1S/C16H20N4O/c1-12(21)20(13-6-4-3-5-7-13)11-15-14-10-17-9-8-16(14)19(2)18-15/h3-7,17H,8-11H2,1-2H3. The molecule has 0 aliphatic carbocycles. The number of fused-ring (bicyclic) bond motifs is 1. The van der Waals surface area contributed by atoms with Gasteiger partial charge in [0.25, 0.3) is 0 Å². The van der Waals surface area contributed by atoms with Crippen molar-refractivity contribution in [3.05, 3.63) is 47.3 Å². The van der Waals surface area contributed by atoms with Gasteiger partial charge in [0.1, 0.15) is 0 Å². The molecule has 1 aliphatic heterocycles. The lowest BCUT2D eigenvalue weighted by molar-refractivity contribution is -0.116. The molecule has 5 heteroatoms. The van der Waals surface area contributed by atoms with Gasteiger partial charge in [-0.3, -0.25) is 9.48 Å². The summed E-state index contributed by atoms with van der Waals surface area (Å²) in [7, 11) is 1.98. The minimum Gasteiger partial charge on any atom is -0.312 e. The van der Waals surface area contributed by atoms with Gasteiger partial charge in [-0.2, -0.15) is 5.10 Å². The molecular weight excluding hydrogens is 264 g/mol. The molecule has 0 unspecified atom stereocenters. The van der Waals surface area contributed by atoms with E-state index in [0.717, 1.165) is 30.9 Å². The molecule has 2 aromatic rings. The van der Waals surface area contributed by atoms with E-state index in [2.05, 4.69) is 10.4 Å². The van der Waals surface area contributed by atoms with Crippen LogP contribution in [-0.2, 0) is 31.4 Å². The van der Waals surface area contributed by atoms with Crippen LogP contribution in [0.5, 0.6) is 0 Å². The predicted molar refractivity (Wildman–Crippen MR) is 81.9 cm³/mol. The Morgan fingerprint density at radius 1 is 1.38 bits per heavy atom. The molecule has 0 saturated carbocycles. The molecule has 3 rings (SSSR count). The Morgan fingerprint density at radius 2 is 2.14 bits per heavy atom. The summed E-state index contributed by atoms with van der Waals surface area (Å²) < 4.78 is 1.95. The number of aromatic nitrogens is 2. The van der Waals surface area contributed by atoms with Crippen molar-refractivity contribution in [3.8, 4) is 0 Å². The van der Waals surface area contributed by atoms with Crippen molar-refractivity contribution in [1.82, 2.24) is 15.1 Å². The third-order valence-corrected chi connectivity index (χ3v) is 3.95. The van der Waals surface area contributed by atoms with Crippen molar-refractivity contribution >= 4 is 11.6 Å². The number of carbonyl (C=O) groups is 1. The fourth-order valence-corrected chi connectivity index (χ4v) is 2.87. The molecule has 0 radical (unpaired) electrons. The van der Waals surface area contributed by atoms with Crippen molar-refractivity contribution in [2.45, 2.75) is 26.4 Å². The Morgan fingerprint density at radius 3 is 2.86 bits per heavy atom. The van der Waals surface area contributed by atoms with Crippen LogP contribution < -0.4 is 10.2 Å². The van der Waals surface area contributed by atoms with Crippen molar-refractivity contribution in [1.29, 1.82) is 0 Å². The number of hydrogen-bond donors (Lipinski definition) is 1. The number of nitrogens with zero attached hydrogens (tertiary/aromatic N) is 3. The van der Waals surface area contributed by atoms with Crippen LogP contribution in [0.15, 0.2) is 30.3 Å². The SMILES string of the molecule is CC(=O)N(Cc1nn(C)c2c1CNCC2)c1ccccc1. The Bertz CT molecular complexity index is 648. The van der Waals surface area contributed by atoms with Gasteiger partial charge >= 0.3 is 0 Å². The summed E-state index contributed by atoms with van der Waals surface area (Å²) >= 11 is 0. The number of aryl methyl sites for hydroxylation is 1. The first-order valence-electron chi connectivity index (χ1n) is 7.24. The Labute approximate surface area is 124 Å². The van der Waals surface area contributed by atoms with Gasteiger partial charge in [-0.05, 0) is 12.1 Å². The fraction of sp³-hybridized carbons (Fsp3) is 0.375. The van der Waals surface area contributed by atoms with E-state index in [4.69, 9.17) is 0 Å². The lowest BCUT2D eigenvalue weighted by Crippen LogP contribution is -2.29. The van der Waals surface area contributed by atoms with Crippen molar-refractivity contribution in [2.75, 3.05) is 11.4 Å². The summed E-state index contributed by atoms with van der Waals surface area (Å²) in [5, 5.41) is 8.00. The van der Waals surface area contributed by atoms with E-state index in [1.165, 1.54) is 11.3 Å². The van der Waals surface area contributed by atoms with Gasteiger partial charge in [0.2, 0.25) is 5.91 Å². The molecule has 0 fully saturated rings. The lowest BCUT2D eigenvalue weighted by Gasteiger charge is -2.21. The maximum Gasteiger partial charge on any atom is 0.224 e. The van der Waals surface area contributed by atoms with E-state index in [0.29, 0.717) is 6.54 Å². The first-order chi connectivity index (χ1) is 10.2. The zero-order valence-corrected chi connectivity index (χ0v) is 12.5. The third-order valence-electron chi connectivity index (χ3n) is 3.95. The van der Waals surface area contributed by atoms with E-state index in [-0.39, 0.29) is 5.91 Å². The van der Waals surface area contributed by atoms with E-state index >= 15 is 0 Å². The second-order valence-electron chi connectivity index (χ2n) is 5.36. The summed E-state index contributed by atoms with van der Waals surface area (Å²) in [6.07, 6.45) is 0.990. The highest BCUT2D eigenvalue weighted by atomic mass is 16.2. The van der Waals surface area contributed by atoms with Gasteiger partial charge in [-0.1, -0.05) is 18.2 Å². The minimum absolute atomic E-state index is 0.0318. The van der Waals surface area contributed by atoms with Crippen molar-refractivity contribution in [2.24, 2.45) is 7.05 Å². The van der Waals surface area contributed by atoms with Gasteiger partial charge in [0, 0.05) is 50.4 Å². The number of benzene rings is 1. The van der Waals surface area contributed by atoms with Crippen LogP contribution in [0.25, 0.3) is 0 Å². The van der Waals surface area contributed by atoms with E-state index < -0.39 is 0 Å². The van der Waals surface area contributed by atoms with Crippen LogP contribution in [0, 0.1) is 0 Å². The maximum atomic E-state index is 12.0. The average Bonchev–Trinajstić information content (AvgIpc) is 2.82. The zero-order valence-electron chi connectivity index (χ0n) is 12.5. The normalized spacial score (nSPS) is 13.8. The molecule has 1 aliphatic rings. The van der Waals surface area contributed by atoms with Crippen molar-refractivity contribution in [3.63, 3.8) is 0 Å². The highest BCUT2D eigenvalue weighted by Gasteiger charge is 2.22. The monoisotopic (exact) mass is 284 g/mol. The number of amides is 1. The van der Waals surface area contributed by atoms with Crippen molar-refractivity contribution < 1.29 is 4.79 Å². The molecule has 1 aromatic heterocycles. The van der Waals surface area contributed by atoms with Gasteiger partial charge in [0.05, 0.1) is 12.2 Å². The predicted octanol–water partition coefficient (Wildman–Crippen LogP) is 1.62. The number of carbonyl (C=O) groups excluding carboxylic acids is 1. The molecule has 1 amide bonds. The number of rotatable bonds is 3. The molecule has 0 bridgehead atoms. The molecular formula is C16H20N4O. The van der Waals surface area contributed by atoms with Crippen LogP contribution >= 0.6 is 0 Å². The van der Waals surface area contributed by atoms with Crippen LogP contribution in [-0.4, -0.2) is 22.2 Å². The largest absolute Gasteiger partial charge is 0.312 e. The lowest BCUT2D eigenvalue weighted by atomic mass is 10.1. The highest BCUT2D eigenvalue weighted by molar-refractivity contribution is 5.91. The van der Waals surface area contributed by atoms with Gasteiger partial charge < -0.3 is 10.2 Å². The second kappa shape index (κ2) is 5.69. The number of anilines is 1. The molecule has 0 saturated heterocycles. The van der Waals surface area contributed by atoms with Crippen LogP contribution in [0.1, 0.15) is 23.9 Å². The van der Waals surface area contributed by atoms with Crippen LogP contribution in [0.4, 0.5) is 5.69 Å². The minimum atomic E-state index is 0.0318. The molecule has 21 heavy (non-hydrogen) atoms. The first-order valence-corrected chi connectivity index (χ1v) is 7.24. The molecule has 110 valence electrons. The summed E-state index contributed by atoms with van der Waals surface area (Å²) in [4.78, 5) is 13.8. The molecule has 0 spiro atoms. The van der Waals surface area contributed by atoms with Gasteiger partial charge in [0.15, 0.2) is 0 Å². The molecule has 5 nitrogen and oxygen atoms in total. The van der Waals surface area contributed by atoms with Crippen LogP contribution in [0.3, 0.4) is 0 Å². The first kappa shape index (κ1) is 13.8. The summed E-state index contributed by atoms with van der Waals surface area (Å²) in [6.45, 7) is 3.94. The van der Waals surface area contributed by atoms with Crippen LogP contribution in [0.2, 0.25) is 0 Å². The Hall–Kier alpha value is -2.14. The summed E-state index contributed by atoms with van der Waals surface area (Å²) in [5.74, 6) is 0.0318. The molecule has 1 N–H and O–H groups in total. The quantitative estimate of drug-likeness (QED) is 0.932. The number of hydrogen-bond acceptors (Lipinski definition) is 3. The topological polar surface area (TPSA) is 50.2 Å². The van der Waals surface area contributed by atoms with E-state index in [1.807, 2.05) is 42.1 Å². The summed E-state index contributed by atoms with van der Waals surface area (Å²) in [5.41, 5.74) is 4.41. The zero-order chi connectivity index (χ0) is 14.8. The smallest absolute Gasteiger partial charge is 0.224 e. The molecule has 0 atom stereocenters. The number of para-hydroxylation sites is 1. The molecule has 2 heterocycles.